The monoisotopic (exact) mass is 286 g/mol. The normalized spacial score (nSPS) is 12.4. The van der Waals surface area contributed by atoms with Crippen LogP contribution in [0, 0.1) is 19.7 Å². The first-order valence-electron chi connectivity index (χ1n) is 7.51. The lowest BCUT2D eigenvalue weighted by atomic mass is 9.97. The Morgan fingerprint density at radius 2 is 2.05 bits per heavy atom. The van der Waals surface area contributed by atoms with E-state index in [2.05, 4.69) is 17.2 Å². The fraction of sp³-hybridized carbons (Fsp3) is 0.389. The molecule has 2 aromatic rings. The number of pyridine rings is 1. The maximum Gasteiger partial charge on any atom is 0.128 e. The molecule has 1 aromatic carbocycles. The third-order valence-electron chi connectivity index (χ3n) is 3.68. The first-order valence-corrected chi connectivity index (χ1v) is 7.51. The molecule has 3 heteroatoms. The van der Waals surface area contributed by atoms with Crippen LogP contribution < -0.4 is 5.32 Å². The molecule has 1 unspecified atom stereocenters. The second-order valence-corrected chi connectivity index (χ2v) is 5.50. The van der Waals surface area contributed by atoms with Crippen molar-refractivity contribution in [1.82, 2.24) is 10.3 Å². The lowest BCUT2D eigenvalue weighted by Crippen LogP contribution is -2.25. The van der Waals surface area contributed by atoms with Crippen LogP contribution >= 0.6 is 0 Å². The van der Waals surface area contributed by atoms with E-state index in [0.29, 0.717) is 6.42 Å². The van der Waals surface area contributed by atoms with Crippen molar-refractivity contribution < 1.29 is 4.39 Å². The Morgan fingerprint density at radius 1 is 1.24 bits per heavy atom. The number of nitrogens with zero attached hydrogens (tertiary/aromatic N) is 1. The van der Waals surface area contributed by atoms with Crippen LogP contribution in [0.3, 0.4) is 0 Å². The van der Waals surface area contributed by atoms with Gasteiger partial charge in [-0.25, -0.2) is 4.39 Å². The number of aromatic nitrogens is 1. The maximum atomic E-state index is 14.2. The molecule has 2 nitrogen and oxygen atoms in total. The van der Waals surface area contributed by atoms with Crippen molar-refractivity contribution in [3.8, 4) is 0 Å². The summed E-state index contributed by atoms with van der Waals surface area (Å²) in [5.74, 6) is -0.150. The van der Waals surface area contributed by atoms with Gasteiger partial charge in [-0.1, -0.05) is 30.7 Å². The molecule has 0 fully saturated rings. The number of rotatable bonds is 6. The molecule has 0 spiro atoms. The molecule has 2 rings (SSSR count). The zero-order chi connectivity index (χ0) is 15.2. The predicted octanol–water partition coefficient (Wildman–Crippen LogP) is 4.12. The number of halogens is 1. The molecule has 0 saturated heterocycles. The van der Waals surface area contributed by atoms with E-state index >= 15 is 0 Å². The van der Waals surface area contributed by atoms with Gasteiger partial charge in [0.2, 0.25) is 0 Å². The van der Waals surface area contributed by atoms with Gasteiger partial charge in [0.05, 0.1) is 0 Å². The highest BCUT2D eigenvalue weighted by atomic mass is 19.1. The third kappa shape index (κ3) is 4.11. The van der Waals surface area contributed by atoms with E-state index < -0.39 is 0 Å². The van der Waals surface area contributed by atoms with E-state index in [0.717, 1.165) is 35.3 Å². The molecular formula is C18H23FN2. The van der Waals surface area contributed by atoms with Crippen molar-refractivity contribution in [1.29, 1.82) is 0 Å². The number of nitrogens with one attached hydrogen (secondary N) is 1. The van der Waals surface area contributed by atoms with E-state index in [1.807, 2.05) is 38.1 Å². The Labute approximate surface area is 126 Å². The zero-order valence-corrected chi connectivity index (χ0v) is 13.0. The topological polar surface area (TPSA) is 24.9 Å². The molecule has 0 bridgehead atoms. The van der Waals surface area contributed by atoms with Gasteiger partial charge in [0.25, 0.3) is 0 Å². The predicted molar refractivity (Wildman–Crippen MR) is 84.8 cm³/mol. The minimum atomic E-state index is -0.150. The van der Waals surface area contributed by atoms with Crippen LogP contribution in [0.4, 0.5) is 4.39 Å². The summed E-state index contributed by atoms with van der Waals surface area (Å²) in [4.78, 5) is 4.44. The summed E-state index contributed by atoms with van der Waals surface area (Å²) in [5.41, 5.74) is 3.97. The van der Waals surface area contributed by atoms with Gasteiger partial charge in [-0.15, -0.1) is 0 Å². The van der Waals surface area contributed by atoms with Gasteiger partial charge in [0.1, 0.15) is 5.82 Å². The second-order valence-electron chi connectivity index (χ2n) is 5.50. The van der Waals surface area contributed by atoms with Crippen LogP contribution in [0.2, 0.25) is 0 Å². The van der Waals surface area contributed by atoms with Crippen LogP contribution in [0.25, 0.3) is 0 Å². The van der Waals surface area contributed by atoms with Gasteiger partial charge >= 0.3 is 0 Å². The van der Waals surface area contributed by atoms with Gasteiger partial charge in [-0.2, -0.15) is 0 Å². The fourth-order valence-electron chi connectivity index (χ4n) is 2.47. The summed E-state index contributed by atoms with van der Waals surface area (Å²) in [6.45, 7) is 7.02. The number of hydrogen-bond donors (Lipinski definition) is 1. The van der Waals surface area contributed by atoms with E-state index in [-0.39, 0.29) is 11.9 Å². The summed E-state index contributed by atoms with van der Waals surface area (Å²) >= 11 is 0. The highest BCUT2D eigenvalue weighted by Gasteiger charge is 2.17. The molecule has 112 valence electrons. The molecule has 1 aromatic heterocycles. The van der Waals surface area contributed by atoms with Crippen molar-refractivity contribution in [3.63, 3.8) is 0 Å². The molecular weight excluding hydrogens is 263 g/mol. The van der Waals surface area contributed by atoms with Crippen molar-refractivity contribution in [2.75, 3.05) is 6.54 Å². The standard InChI is InChI=1S/C18H23FN2/c1-4-9-20-18(12-17-14(3)6-5-10-21-17)15-11-13(2)7-8-16(15)19/h5-8,10-11,18,20H,4,9,12H2,1-3H3. The van der Waals surface area contributed by atoms with Crippen LogP contribution in [0.15, 0.2) is 36.5 Å². The number of benzene rings is 1. The van der Waals surface area contributed by atoms with Crippen LogP contribution in [-0.2, 0) is 6.42 Å². The first kappa shape index (κ1) is 15.6. The summed E-state index contributed by atoms with van der Waals surface area (Å²) in [6.07, 6.45) is 3.52. The van der Waals surface area contributed by atoms with Crippen molar-refractivity contribution in [2.24, 2.45) is 0 Å². The summed E-state index contributed by atoms with van der Waals surface area (Å²) in [7, 11) is 0. The Bertz CT molecular complexity index is 596. The van der Waals surface area contributed by atoms with E-state index in [1.54, 1.807) is 12.3 Å². The molecule has 0 aliphatic rings. The molecule has 0 amide bonds. The second kappa shape index (κ2) is 7.32. The maximum absolute atomic E-state index is 14.2. The highest BCUT2D eigenvalue weighted by molar-refractivity contribution is 5.29. The van der Waals surface area contributed by atoms with Gasteiger partial charge in [0, 0.05) is 29.9 Å². The van der Waals surface area contributed by atoms with Gasteiger partial charge in [0.15, 0.2) is 0 Å². The number of aryl methyl sites for hydroxylation is 2. The minimum absolute atomic E-state index is 0.0431. The molecule has 0 radical (unpaired) electrons. The SMILES string of the molecule is CCCNC(Cc1ncccc1C)c1cc(C)ccc1F. The molecule has 1 N–H and O–H groups in total. The van der Waals surface area contributed by atoms with Crippen LogP contribution in [-0.4, -0.2) is 11.5 Å². The van der Waals surface area contributed by atoms with Crippen LogP contribution in [0.5, 0.6) is 0 Å². The highest BCUT2D eigenvalue weighted by Crippen LogP contribution is 2.23. The van der Waals surface area contributed by atoms with Crippen LogP contribution in [0.1, 0.15) is 41.8 Å². The number of hydrogen-bond acceptors (Lipinski definition) is 2. The lowest BCUT2D eigenvalue weighted by Gasteiger charge is -2.20. The Hall–Kier alpha value is -1.74. The Morgan fingerprint density at radius 3 is 2.76 bits per heavy atom. The average Bonchev–Trinajstić information content (AvgIpc) is 2.48. The molecule has 0 saturated carbocycles. The van der Waals surface area contributed by atoms with E-state index in [9.17, 15) is 4.39 Å². The quantitative estimate of drug-likeness (QED) is 0.864. The average molecular weight is 286 g/mol. The summed E-state index contributed by atoms with van der Waals surface area (Å²) < 4.78 is 14.2. The van der Waals surface area contributed by atoms with Gasteiger partial charge in [-0.05, 0) is 44.5 Å². The van der Waals surface area contributed by atoms with Crippen molar-refractivity contribution in [2.45, 2.75) is 39.7 Å². The Balaban J connectivity index is 2.30. The molecule has 0 aliphatic heterocycles. The van der Waals surface area contributed by atoms with E-state index in [1.165, 1.54) is 0 Å². The fourth-order valence-corrected chi connectivity index (χ4v) is 2.47. The summed E-state index contributed by atoms with van der Waals surface area (Å²) in [6, 6.07) is 9.23. The molecule has 0 aliphatic carbocycles. The first-order chi connectivity index (χ1) is 10.1. The van der Waals surface area contributed by atoms with Gasteiger partial charge < -0.3 is 5.32 Å². The molecule has 1 heterocycles. The minimum Gasteiger partial charge on any atom is -0.310 e. The molecule has 21 heavy (non-hydrogen) atoms. The van der Waals surface area contributed by atoms with Crippen molar-refractivity contribution in [3.05, 3.63) is 64.7 Å². The lowest BCUT2D eigenvalue weighted by molar-refractivity contribution is 0.492. The molecule has 1 atom stereocenters. The largest absolute Gasteiger partial charge is 0.310 e. The van der Waals surface area contributed by atoms with Crippen molar-refractivity contribution >= 4 is 0 Å². The Kier molecular flexibility index (Phi) is 5.45. The van der Waals surface area contributed by atoms with E-state index in [4.69, 9.17) is 0 Å². The smallest absolute Gasteiger partial charge is 0.128 e. The summed E-state index contributed by atoms with van der Waals surface area (Å²) in [5, 5.41) is 3.45. The zero-order valence-electron chi connectivity index (χ0n) is 13.0. The van der Waals surface area contributed by atoms with Gasteiger partial charge in [-0.3, -0.25) is 4.98 Å². The third-order valence-corrected chi connectivity index (χ3v) is 3.68.